The van der Waals surface area contributed by atoms with Crippen molar-refractivity contribution in [3.63, 3.8) is 0 Å². The highest BCUT2D eigenvalue weighted by Crippen LogP contribution is 2.50. The Hall–Kier alpha value is -3.76. The number of nitrogen functional groups attached to an aromatic ring is 2. The molecule has 7 heteroatoms. The number of hydrogen-bond acceptors (Lipinski definition) is 7. The van der Waals surface area contributed by atoms with Crippen molar-refractivity contribution in [2.24, 2.45) is 5.92 Å². The van der Waals surface area contributed by atoms with Crippen LogP contribution in [0.1, 0.15) is 28.2 Å². The van der Waals surface area contributed by atoms with Gasteiger partial charge in [-0.1, -0.05) is 17.7 Å². The van der Waals surface area contributed by atoms with E-state index in [2.05, 4.69) is 4.98 Å². The number of benzene rings is 1. The van der Waals surface area contributed by atoms with Crippen LogP contribution in [-0.4, -0.2) is 4.98 Å². The topological polar surface area (TPSA) is 146 Å². The molecular formula is C17H12N6O. The fourth-order valence-corrected chi connectivity index (χ4v) is 2.90. The van der Waals surface area contributed by atoms with E-state index in [-0.39, 0.29) is 22.9 Å². The van der Waals surface area contributed by atoms with Crippen molar-refractivity contribution in [1.82, 2.24) is 4.98 Å². The molecule has 24 heavy (non-hydrogen) atoms. The predicted octanol–water partition coefficient (Wildman–Crippen LogP) is 2.33. The Kier molecular flexibility index (Phi) is 3.45. The zero-order valence-corrected chi connectivity index (χ0v) is 12.7. The van der Waals surface area contributed by atoms with E-state index in [1.54, 1.807) is 6.07 Å². The lowest BCUT2D eigenvalue weighted by atomic mass is 9.79. The van der Waals surface area contributed by atoms with Gasteiger partial charge in [0.25, 0.3) is 0 Å². The second kappa shape index (κ2) is 5.46. The quantitative estimate of drug-likeness (QED) is 0.820. The molecule has 0 bridgehead atoms. The summed E-state index contributed by atoms with van der Waals surface area (Å²) in [7, 11) is 0. The fraction of sp³-hybridized carbons (Fsp3) is 0.176. The molecule has 0 saturated heterocycles. The molecule has 116 valence electrons. The maximum absolute atomic E-state index is 9.41. The summed E-state index contributed by atoms with van der Waals surface area (Å²) in [6.45, 7) is 1.89. The second-order valence-electron chi connectivity index (χ2n) is 5.47. The number of anilines is 2. The summed E-state index contributed by atoms with van der Waals surface area (Å²) in [6, 6.07) is 11.3. The van der Waals surface area contributed by atoms with Crippen LogP contribution in [0.25, 0.3) is 0 Å². The molecule has 0 spiro atoms. The first-order valence-electron chi connectivity index (χ1n) is 7.08. The number of ether oxygens (including phenoxy) is 1. The number of aromatic nitrogens is 1. The number of rotatable bonds is 1. The van der Waals surface area contributed by atoms with Gasteiger partial charge in [-0.05, 0) is 13.0 Å². The number of nitrogens with two attached hydrogens (primary N) is 2. The van der Waals surface area contributed by atoms with Gasteiger partial charge in [0.15, 0.2) is 0 Å². The van der Waals surface area contributed by atoms with E-state index in [1.807, 2.05) is 37.3 Å². The second-order valence-corrected chi connectivity index (χ2v) is 5.47. The molecule has 1 unspecified atom stereocenters. The molecule has 0 aliphatic carbocycles. The van der Waals surface area contributed by atoms with Crippen LogP contribution in [0.4, 0.5) is 11.5 Å². The van der Waals surface area contributed by atoms with Gasteiger partial charge < -0.3 is 16.2 Å². The Bertz CT molecular complexity index is 963. The van der Waals surface area contributed by atoms with Crippen molar-refractivity contribution in [2.45, 2.75) is 12.8 Å². The first kappa shape index (κ1) is 15.1. The van der Waals surface area contributed by atoms with Gasteiger partial charge >= 0.3 is 0 Å². The third-order valence-electron chi connectivity index (χ3n) is 4.01. The van der Waals surface area contributed by atoms with Crippen molar-refractivity contribution in [3.8, 4) is 29.8 Å². The standard InChI is InChI=1S/C17H12N6O/c1-8-2-3-12-10(4-8)13(9(5-18)6-19)14-15(21)11(7-20)16(22)23-17(14)24-12/h2-4,9,13H,1H3,(H4,21,22,23). The largest absolute Gasteiger partial charge is 0.438 e. The van der Waals surface area contributed by atoms with Gasteiger partial charge in [-0.15, -0.1) is 0 Å². The van der Waals surface area contributed by atoms with Crippen LogP contribution in [0.2, 0.25) is 0 Å². The van der Waals surface area contributed by atoms with Crippen molar-refractivity contribution >= 4 is 11.5 Å². The molecule has 4 N–H and O–H groups in total. The van der Waals surface area contributed by atoms with Crippen molar-refractivity contribution < 1.29 is 4.74 Å². The molecule has 1 aromatic heterocycles. The van der Waals surface area contributed by atoms with E-state index >= 15 is 0 Å². The zero-order chi connectivity index (χ0) is 17.4. The summed E-state index contributed by atoms with van der Waals surface area (Å²) < 4.78 is 5.76. The normalized spacial score (nSPS) is 14.5. The Balaban J connectivity index is 2.37. The van der Waals surface area contributed by atoms with E-state index < -0.39 is 11.8 Å². The van der Waals surface area contributed by atoms with Crippen LogP contribution in [0.3, 0.4) is 0 Å². The maximum Gasteiger partial charge on any atom is 0.227 e. The molecule has 2 aromatic rings. The van der Waals surface area contributed by atoms with Gasteiger partial charge in [0.1, 0.15) is 29.1 Å². The van der Waals surface area contributed by atoms with Gasteiger partial charge in [-0.25, -0.2) is 0 Å². The molecule has 7 nitrogen and oxygen atoms in total. The Morgan fingerprint density at radius 3 is 2.54 bits per heavy atom. The van der Waals surface area contributed by atoms with Gasteiger partial charge in [0.2, 0.25) is 5.88 Å². The van der Waals surface area contributed by atoms with Gasteiger partial charge in [0.05, 0.1) is 17.8 Å². The highest BCUT2D eigenvalue weighted by Gasteiger charge is 2.38. The fourth-order valence-electron chi connectivity index (χ4n) is 2.90. The van der Waals surface area contributed by atoms with Crippen LogP contribution in [-0.2, 0) is 0 Å². The average Bonchev–Trinajstić information content (AvgIpc) is 2.56. The minimum Gasteiger partial charge on any atom is -0.438 e. The third kappa shape index (κ3) is 2.06. The molecule has 1 aliphatic rings. The number of nitrogens with zero attached hydrogens (tertiary/aromatic N) is 4. The van der Waals surface area contributed by atoms with Crippen LogP contribution < -0.4 is 16.2 Å². The van der Waals surface area contributed by atoms with Gasteiger partial charge in [-0.3, -0.25) is 0 Å². The molecule has 0 saturated carbocycles. The molecule has 0 fully saturated rings. The SMILES string of the molecule is Cc1ccc2c(c1)C(C(C#N)C#N)c1c(nc(N)c(C#N)c1N)O2. The molecule has 3 rings (SSSR count). The summed E-state index contributed by atoms with van der Waals surface area (Å²) >= 11 is 0. The summed E-state index contributed by atoms with van der Waals surface area (Å²) in [6.07, 6.45) is 0. The van der Waals surface area contributed by atoms with E-state index in [4.69, 9.17) is 16.2 Å². The molecule has 2 heterocycles. The summed E-state index contributed by atoms with van der Waals surface area (Å²) in [5.74, 6) is -1.11. The highest BCUT2D eigenvalue weighted by molar-refractivity contribution is 5.74. The minimum absolute atomic E-state index is 0.0214. The first-order chi connectivity index (χ1) is 11.5. The molecular weight excluding hydrogens is 304 g/mol. The van der Waals surface area contributed by atoms with Crippen molar-refractivity contribution in [3.05, 3.63) is 40.5 Å². The van der Waals surface area contributed by atoms with Crippen LogP contribution in [0.15, 0.2) is 18.2 Å². The maximum atomic E-state index is 9.41. The Morgan fingerprint density at radius 1 is 1.21 bits per heavy atom. The third-order valence-corrected chi connectivity index (χ3v) is 4.01. The average molecular weight is 316 g/mol. The Labute approximate surface area is 138 Å². The van der Waals surface area contributed by atoms with Crippen molar-refractivity contribution in [1.29, 1.82) is 15.8 Å². The summed E-state index contributed by atoms with van der Waals surface area (Å²) in [5, 5.41) is 28.1. The molecule has 1 aliphatic heterocycles. The highest BCUT2D eigenvalue weighted by atomic mass is 16.5. The first-order valence-corrected chi connectivity index (χ1v) is 7.08. The van der Waals surface area contributed by atoms with Crippen LogP contribution in [0.5, 0.6) is 11.6 Å². The number of nitriles is 3. The van der Waals surface area contributed by atoms with E-state index in [9.17, 15) is 15.8 Å². The van der Waals surface area contributed by atoms with Gasteiger partial charge in [0, 0.05) is 17.0 Å². The molecule has 0 amide bonds. The predicted molar refractivity (Wildman–Crippen MR) is 85.6 cm³/mol. The van der Waals surface area contributed by atoms with Crippen LogP contribution in [0, 0.1) is 46.8 Å². The summed E-state index contributed by atoms with van der Waals surface area (Å²) in [4.78, 5) is 4.10. The van der Waals surface area contributed by atoms with Crippen molar-refractivity contribution in [2.75, 3.05) is 11.5 Å². The van der Waals surface area contributed by atoms with E-state index in [0.29, 0.717) is 16.9 Å². The van der Waals surface area contributed by atoms with E-state index in [1.165, 1.54) is 0 Å². The lowest BCUT2D eigenvalue weighted by Crippen LogP contribution is -2.21. The molecule has 1 aromatic carbocycles. The number of pyridine rings is 1. The number of aryl methyl sites for hydroxylation is 1. The van der Waals surface area contributed by atoms with E-state index in [0.717, 1.165) is 5.56 Å². The molecule has 1 atom stereocenters. The zero-order valence-electron chi connectivity index (χ0n) is 12.7. The number of fused-ring (bicyclic) bond motifs is 2. The summed E-state index contributed by atoms with van der Waals surface area (Å²) in [5.41, 5.74) is 13.9. The molecule has 0 radical (unpaired) electrons. The Morgan fingerprint density at radius 2 is 1.92 bits per heavy atom. The lowest BCUT2D eigenvalue weighted by Gasteiger charge is -2.29. The van der Waals surface area contributed by atoms with Crippen LogP contribution >= 0.6 is 0 Å². The smallest absolute Gasteiger partial charge is 0.227 e. The lowest BCUT2D eigenvalue weighted by molar-refractivity contribution is 0.421. The monoisotopic (exact) mass is 316 g/mol. The number of hydrogen-bond donors (Lipinski definition) is 2. The van der Waals surface area contributed by atoms with Gasteiger partial charge in [-0.2, -0.15) is 20.8 Å². The minimum atomic E-state index is -1.01.